The second-order valence-electron chi connectivity index (χ2n) is 7.41. The highest BCUT2D eigenvalue weighted by molar-refractivity contribution is 5.99. The number of rotatable bonds is 3. The highest BCUT2D eigenvalue weighted by atomic mass is 16.2. The number of fused-ring (bicyclic) bond motifs is 1. The molecule has 0 bridgehead atoms. The number of aryl methyl sites for hydroxylation is 2. The fraction of sp³-hybridized carbons (Fsp3) is 0.364. The van der Waals surface area contributed by atoms with Crippen molar-refractivity contribution in [1.29, 1.82) is 0 Å². The van der Waals surface area contributed by atoms with Crippen LogP contribution in [0, 0.1) is 6.92 Å². The van der Waals surface area contributed by atoms with Gasteiger partial charge in [-0.15, -0.1) is 0 Å². The lowest BCUT2D eigenvalue weighted by molar-refractivity contribution is 0.0715. The number of carbonyl (C=O) groups excluding carboxylic acids is 2. The van der Waals surface area contributed by atoms with E-state index >= 15 is 0 Å². The molecule has 0 spiro atoms. The molecule has 1 aliphatic heterocycles. The third-order valence-electron chi connectivity index (χ3n) is 5.73. The molecule has 0 radical (unpaired) electrons. The van der Waals surface area contributed by atoms with Crippen molar-refractivity contribution in [2.24, 2.45) is 0 Å². The molecule has 1 aliphatic carbocycles. The van der Waals surface area contributed by atoms with E-state index < -0.39 is 0 Å². The van der Waals surface area contributed by atoms with Gasteiger partial charge in [0, 0.05) is 31.4 Å². The Morgan fingerprint density at radius 2 is 2.04 bits per heavy atom. The minimum atomic E-state index is -0.0998. The van der Waals surface area contributed by atoms with Gasteiger partial charge in [0.2, 0.25) is 0 Å². The lowest BCUT2D eigenvalue weighted by Gasteiger charge is -2.33. The summed E-state index contributed by atoms with van der Waals surface area (Å²) in [5.74, 6) is -0.00226. The SMILES string of the molecule is Cc1ccc(C(=O)N(C)[C@@H]2CCCc3ccccc32)cc1N1CCNC1=O. The van der Waals surface area contributed by atoms with Crippen LogP contribution in [0.1, 0.15) is 45.9 Å². The van der Waals surface area contributed by atoms with E-state index in [2.05, 4.69) is 23.5 Å². The van der Waals surface area contributed by atoms with Crippen LogP contribution in [0.3, 0.4) is 0 Å². The Morgan fingerprint density at radius 3 is 2.81 bits per heavy atom. The second kappa shape index (κ2) is 7.06. The number of hydrogen-bond donors (Lipinski definition) is 1. The van der Waals surface area contributed by atoms with Gasteiger partial charge in [0.25, 0.3) is 5.91 Å². The van der Waals surface area contributed by atoms with Crippen LogP contribution >= 0.6 is 0 Å². The molecule has 4 rings (SSSR count). The zero-order valence-electron chi connectivity index (χ0n) is 15.9. The number of anilines is 1. The van der Waals surface area contributed by atoms with Crippen molar-refractivity contribution in [3.63, 3.8) is 0 Å². The van der Waals surface area contributed by atoms with E-state index in [0.717, 1.165) is 30.5 Å². The van der Waals surface area contributed by atoms with E-state index in [-0.39, 0.29) is 18.0 Å². The number of carbonyl (C=O) groups is 2. The normalized spacial score (nSPS) is 18.8. The predicted molar refractivity (Wildman–Crippen MR) is 106 cm³/mol. The number of nitrogens with one attached hydrogen (secondary N) is 1. The summed E-state index contributed by atoms with van der Waals surface area (Å²) >= 11 is 0. The van der Waals surface area contributed by atoms with E-state index in [4.69, 9.17) is 0 Å². The summed E-state index contributed by atoms with van der Waals surface area (Å²) in [6.45, 7) is 3.23. The van der Waals surface area contributed by atoms with E-state index in [1.807, 2.05) is 43.1 Å². The molecule has 27 heavy (non-hydrogen) atoms. The first-order valence-corrected chi connectivity index (χ1v) is 9.57. The first-order valence-electron chi connectivity index (χ1n) is 9.57. The van der Waals surface area contributed by atoms with Crippen LogP contribution in [0.15, 0.2) is 42.5 Å². The summed E-state index contributed by atoms with van der Waals surface area (Å²) in [5.41, 5.74) is 5.03. The number of amides is 3. The van der Waals surface area contributed by atoms with E-state index in [9.17, 15) is 9.59 Å². The molecule has 0 aromatic heterocycles. The molecule has 0 saturated carbocycles. The Balaban J connectivity index is 1.63. The van der Waals surface area contributed by atoms with Crippen LogP contribution in [0.4, 0.5) is 10.5 Å². The molecule has 2 aromatic rings. The first kappa shape index (κ1) is 17.6. The number of nitrogens with zero attached hydrogens (tertiary/aromatic N) is 2. The van der Waals surface area contributed by atoms with Crippen molar-refractivity contribution in [2.75, 3.05) is 25.0 Å². The summed E-state index contributed by atoms with van der Waals surface area (Å²) in [6, 6.07) is 14.1. The lowest BCUT2D eigenvalue weighted by Crippen LogP contribution is -2.34. The van der Waals surface area contributed by atoms with Gasteiger partial charge in [0.05, 0.1) is 6.04 Å². The third kappa shape index (κ3) is 3.18. The zero-order chi connectivity index (χ0) is 19.0. The van der Waals surface area contributed by atoms with Crippen LogP contribution in [0.25, 0.3) is 0 Å². The largest absolute Gasteiger partial charge is 0.336 e. The molecule has 2 aromatic carbocycles. The molecule has 1 heterocycles. The molecule has 0 unspecified atom stereocenters. The maximum absolute atomic E-state index is 13.2. The van der Waals surface area contributed by atoms with Gasteiger partial charge in [-0.2, -0.15) is 0 Å². The van der Waals surface area contributed by atoms with E-state index in [1.165, 1.54) is 11.1 Å². The van der Waals surface area contributed by atoms with Crippen molar-refractivity contribution in [3.05, 3.63) is 64.7 Å². The van der Waals surface area contributed by atoms with Crippen molar-refractivity contribution < 1.29 is 9.59 Å². The number of hydrogen-bond acceptors (Lipinski definition) is 2. The fourth-order valence-electron chi connectivity index (χ4n) is 4.21. The highest BCUT2D eigenvalue weighted by Gasteiger charge is 2.28. The monoisotopic (exact) mass is 363 g/mol. The van der Waals surface area contributed by atoms with Crippen molar-refractivity contribution in [1.82, 2.24) is 10.2 Å². The Morgan fingerprint density at radius 1 is 1.22 bits per heavy atom. The number of benzene rings is 2. The average molecular weight is 363 g/mol. The molecular formula is C22H25N3O2. The Labute approximate surface area is 160 Å². The van der Waals surface area contributed by atoms with Crippen LogP contribution in [-0.4, -0.2) is 37.0 Å². The standard InChI is InChI=1S/C22H25N3O2/c1-15-10-11-17(14-20(15)25-13-12-23-22(25)27)21(26)24(2)19-9-5-7-16-6-3-4-8-18(16)19/h3-4,6,8,10-11,14,19H,5,7,9,12-13H2,1-2H3,(H,23,27)/t19-/m1/s1. The van der Waals surface area contributed by atoms with Gasteiger partial charge < -0.3 is 10.2 Å². The summed E-state index contributed by atoms with van der Waals surface area (Å²) in [4.78, 5) is 28.8. The van der Waals surface area contributed by atoms with Crippen LogP contribution in [0.2, 0.25) is 0 Å². The minimum absolute atomic E-state index is 0.00226. The van der Waals surface area contributed by atoms with Gasteiger partial charge in [0.15, 0.2) is 0 Å². The van der Waals surface area contributed by atoms with E-state index in [0.29, 0.717) is 18.7 Å². The Bertz CT molecular complexity index is 893. The average Bonchev–Trinajstić information content (AvgIpc) is 3.12. The molecule has 2 aliphatic rings. The maximum Gasteiger partial charge on any atom is 0.322 e. The topological polar surface area (TPSA) is 52.7 Å². The maximum atomic E-state index is 13.2. The summed E-state index contributed by atoms with van der Waals surface area (Å²) in [7, 11) is 1.89. The third-order valence-corrected chi connectivity index (χ3v) is 5.73. The molecule has 5 nitrogen and oxygen atoms in total. The highest BCUT2D eigenvalue weighted by Crippen LogP contribution is 2.34. The summed E-state index contributed by atoms with van der Waals surface area (Å²) < 4.78 is 0. The molecule has 140 valence electrons. The molecule has 1 saturated heterocycles. The van der Waals surface area contributed by atoms with Gasteiger partial charge in [0.1, 0.15) is 0 Å². The fourth-order valence-corrected chi connectivity index (χ4v) is 4.21. The van der Waals surface area contributed by atoms with Gasteiger partial charge >= 0.3 is 6.03 Å². The molecule has 1 fully saturated rings. The number of urea groups is 1. The van der Waals surface area contributed by atoms with Gasteiger partial charge in [-0.05, 0) is 55.0 Å². The smallest absolute Gasteiger partial charge is 0.322 e. The lowest BCUT2D eigenvalue weighted by atomic mass is 9.87. The van der Waals surface area contributed by atoms with Crippen molar-refractivity contribution in [3.8, 4) is 0 Å². The van der Waals surface area contributed by atoms with Gasteiger partial charge in [-0.25, -0.2) is 4.79 Å². The van der Waals surface area contributed by atoms with Crippen molar-refractivity contribution >= 4 is 17.6 Å². The zero-order valence-corrected chi connectivity index (χ0v) is 15.9. The van der Waals surface area contributed by atoms with Gasteiger partial charge in [-0.3, -0.25) is 9.69 Å². The summed E-state index contributed by atoms with van der Waals surface area (Å²) in [5, 5.41) is 2.82. The Kier molecular flexibility index (Phi) is 4.60. The quantitative estimate of drug-likeness (QED) is 0.904. The molecule has 3 amide bonds. The minimum Gasteiger partial charge on any atom is -0.336 e. The first-order chi connectivity index (χ1) is 13.1. The van der Waals surface area contributed by atoms with Gasteiger partial charge in [-0.1, -0.05) is 30.3 Å². The second-order valence-corrected chi connectivity index (χ2v) is 7.41. The van der Waals surface area contributed by atoms with Crippen molar-refractivity contribution in [2.45, 2.75) is 32.2 Å². The summed E-state index contributed by atoms with van der Waals surface area (Å²) in [6.07, 6.45) is 3.15. The molecule has 1 N–H and O–H groups in total. The molecule has 5 heteroatoms. The predicted octanol–water partition coefficient (Wildman–Crippen LogP) is 3.67. The Hall–Kier alpha value is -2.82. The molecule has 1 atom stereocenters. The van der Waals surface area contributed by atoms with E-state index in [1.54, 1.807) is 4.90 Å². The van der Waals surface area contributed by atoms with Crippen LogP contribution in [0.5, 0.6) is 0 Å². The molecular weight excluding hydrogens is 338 g/mol. The van der Waals surface area contributed by atoms with Crippen LogP contribution in [-0.2, 0) is 6.42 Å². The van der Waals surface area contributed by atoms with Crippen LogP contribution < -0.4 is 10.2 Å².